The number of H-pyrrole nitrogens is 1. The van der Waals surface area contributed by atoms with Gasteiger partial charge in [-0.05, 0) is 49.0 Å². The van der Waals surface area contributed by atoms with Gasteiger partial charge in [0.25, 0.3) is 0 Å². The maximum absolute atomic E-state index is 5.49. The van der Waals surface area contributed by atoms with E-state index in [0.29, 0.717) is 4.77 Å². The van der Waals surface area contributed by atoms with E-state index in [2.05, 4.69) is 34.5 Å². The molecule has 0 saturated carbocycles. The molecule has 5 rings (SSSR count). The van der Waals surface area contributed by atoms with E-state index in [-0.39, 0.29) is 0 Å². The Morgan fingerprint density at radius 2 is 2.04 bits per heavy atom. The lowest BCUT2D eigenvalue weighted by molar-refractivity contribution is 0.700. The lowest BCUT2D eigenvalue weighted by atomic mass is 9.97. The lowest BCUT2D eigenvalue weighted by Crippen LogP contribution is -2.00. The predicted molar refractivity (Wildman–Crippen MR) is 106 cm³/mol. The Morgan fingerprint density at radius 3 is 2.92 bits per heavy atom. The number of fused-ring (bicyclic) bond motifs is 5. The van der Waals surface area contributed by atoms with Crippen LogP contribution in [0, 0.1) is 4.77 Å². The molecule has 7 heteroatoms. The average molecular weight is 385 g/mol. The minimum Gasteiger partial charge on any atom is -0.251 e. The Hall–Kier alpha value is -1.70. The molecule has 1 aliphatic rings. The number of hydrogen-bond donors (Lipinski definition) is 1. The maximum atomic E-state index is 5.49. The van der Waals surface area contributed by atoms with Crippen molar-refractivity contribution in [3.8, 4) is 0 Å². The van der Waals surface area contributed by atoms with Crippen LogP contribution in [0.4, 0.5) is 0 Å². The van der Waals surface area contributed by atoms with Crippen molar-refractivity contribution in [1.82, 2.24) is 19.6 Å². The molecule has 4 aromatic rings. The third-order valence-corrected chi connectivity index (χ3v) is 7.12. The molecular formula is C18H16N4S3. The summed E-state index contributed by atoms with van der Waals surface area (Å²) in [5.74, 6) is 0.868. The number of thioether (sulfide) groups is 1. The first-order valence-electron chi connectivity index (χ1n) is 8.39. The number of thiophene rings is 1. The number of nitrogens with one attached hydrogen (secondary N) is 1. The van der Waals surface area contributed by atoms with Gasteiger partial charge in [-0.2, -0.15) is 5.10 Å². The van der Waals surface area contributed by atoms with Crippen LogP contribution in [0.25, 0.3) is 15.9 Å². The van der Waals surface area contributed by atoms with Gasteiger partial charge in [0.2, 0.25) is 4.77 Å². The number of rotatable bonds is 3. The molecule has 0 saturated heterocycles. The Morgan fingerprint density at radius 1 is 1.20 bits per heavy atom. The summed E-state index contributed by atoms with van der Waals surface area (Å²) in [6.07, 6.45) is 4.82. The molecule has 0 amide bonds. The summed E-state index contributed by atoms with van der Waals surface area (Å²) in [5, 5.41) is 9.64. The van der Waals surface area contributed by atoms with Crippen LogP contribution < -0.4 is 0 Å². The summed E-state index contributed by atoms with van der Waals surface area (Å²) < 4.78 is 2.63. The second-order valence-corrected chi connectivity index (χ2v) is 8.66. The van der Waals surface area contributed by atoms with Crippen molar-refractivity contribution >= 4 is 51.2 Å². The van der Waals surface area contributed by atoms with Crippen LogP contribution >= 0.6 is 35.3 Å². The zero-order chi connectivity index (χ0) is 16.8. The molecule has 3 heterocycles. The minimum atomic E-state index is 0.621. The van der Waals surface area contributed by atoms with Crippen molar-refractivity contribution < 1.29 is 0 Å². The number of benzene rings is 1. The lowest BCUT2D eigenvalue weighted by Gasteiger charge is -2.10. The van der Waals surface area contributed by atoms with Gasteiger partial charge < -0.3 is 0 Å². The second-order valence-electron chi connectivity index (χ2n) is 6.25. The molecule has 0 aliphatic heterocycles. The Labute approximate surface area is 158 Å². The second kappa shape index (κ2) is 6.23. The van der Waals surface area contributed by atoms with Crippen LogP contribution in [0.5, 0.6) is 0 Å². The fraction of sp³-hybridized carbons (Fsp3) is 0.278. The smallest absolute Gasteiger partial charge is 0.201 e. The van der Waals surface area contributed by atoms with Gasteiger partial charge in [0.15, 0.2) is 10.8 Å². The van der Waals surface area contributed by atoms with Crippen molar-refractivity contribution in [1.29, 1.82) is 0 Å². The van der Waals surface area contributed by atoms with E-state index >= 15 is 0 Å². The van der Waals surface area contributed by atoms with Gasteiger partial charge in [0.1, 0.15) is 4.83 Å². The molecule has 126 valence electrons. The molecule has 3 aromatic heterocycles. The monoisotopic (exact) mass is 384 g/mol. The highest BCUT2D eigenvalue weighted by Gasteiger charge is 2.22. The maximum Gasteiger partial charge on any atom is 0.201 e. The van der Waals surface area contributed by atoms with E-state index < -0.39 is 0 Å². The molecule has 0 fully saturated rings. The van der Waals surface area contributed by atoms with Gasteiger partial charge in [-0.25, -0.2) is 9.38 Å². The molecule has 0 radical (unpaired) electrons. The van der Waals surface area contributed by atoms with Crippen molar-refractivity contribution in [3.63, 3.8) is 0 Å². The highest BCUT2D eigenvalue weighted by atomic mass is 32.2. The first-order chi connectivity index (χ1) is 12.3. The summed E-state index contributed by atoms with van der Waals surface area (Å²) in [6, 6.07) is 10.5. The van der Waals surface area contributed by atoms with Crippen molar-refractivity contribution in [3.05, 3.63) is 51.1 Å². The van der Waals surface area contributed by atoms with Crippen LogP contribution in [0.15, 0.2) is 35.5 Å². The SMILES string of the molecule is S=c1[nH]nc2c3c4c(sc3nc(SCc3ccccc3)n12)CCCC4. The normalized spacial score (nSPS) is 14.2. The van der Waals surface area contributed by atoms with E-state index in [1.807, 2.05) is 21.8 Å². The van der Waals surface area contributed by atoms with Gasteiger partial charge in [-0.3, -0.25) is 5.10 Å². The fourth-order valence-electron chi connectivity index (χ4n) is 3.46. The molecule has 4 nitrogen and oxygen atoms in total. The number of nitrogens with zero attached hydrogens (tertiary/aromatic N) is 3. The van der Waals surface area contributed by atoms with Crippen LogP contribution in [0.2, 0.25) is 0 Å². The van der Waals surface area contributed by atoms with E-state index in [0.717, 1.165) is 27.8 Å². The summed E-state index contributed by atoms with van der Waals surface area (Å²) in [7, 11) is 0. The third-order valence-electron chi connectivity index (χ3n) is 4.65. The number of aromatic nitrogens is 4. The van der Waals surface area contributed by atoms with E-state index in [4.69, 9.17) is 17.2 Å². The van der Waals surface area contributed by atoms with Gasteiger partial charge in [0, 0.05) is 10.6 Å². The first kappa shape index (κ1) is 15.5. The molecule has 0 unspecified atom stereocenters. The fourth-order valence-corrected chi connectivity index (χ4v) is 6.00. The Bertz CT molecular complexity index is 1120. The molecule has 25 heavy (non-hydrogen) atoms. The van der Waals surface area contributed by atoms with Crippen molar-refractivity contribution in [2.75, 3.05) is 0 Å². The number of hydrogen-bond acceptors (Lipinski definition) is 5. The summed E-state index contributed by atoms with van der Waals surface area (Å²) >= 11 is 9.04. The van der Waals surface area contributed by atoms with Crippen LogP contribution in [-0.4, -0.2) is 19.6 Å². The molecule has 0 bridgehead atoms. The van der Waals surface area contributed by atoms with Gasteiger partial charge in [-0.1, -0.05) is 42.1 Å². The largest absolute Gasteiger partial charge is 0.251 e. The molecule has 1 aliphatic carbocycles. The van der Waals surface area contributed by atoms with Crippen molar-refractivity contribution in [2.24, 2.45) is 0 Å². The van der Waals surface area contributed by atoms with E-state index in [9.17, 15) is 0 Å². The quantitative estimate of drug-likeness (QED) is 0.301. The molecular weight excluding hydrogens is 368 g/mol. The van der Waals surface area contributed by atoms with Crippen LogP contribution in [0.3, 0.4) is 0 Å². The number of aromatic amines is 1. The summed E-state index contributed by atoms with van der Waals surface area (Å²) in [4.78, 5) is 7.56. The standard InChI is InChI=1S/C18H16N4S3/c23-17-21-20-15-14-12-8-4-5-9-13(12)25-16(14)19-18(22(15)17)24-10-11-6-2-1-3-7-11/h1-3,6-7H,4-5,8-10H2,(H,21,23). The topological polar surface area (TPSA) is 46.0 Å². The third kappa shape index (κ3) is 2.61. The zero-order valence-corrected chi connectivity index (χ0v) is 15.9. The summed E-state index contributed by atoms with van der Waals surface area (Å²) in [5.41, 5.74) is 3.66. The predicted octanol–water partition coefficient (Wildman–Crippen LogP) is 5.17. The average Bonchev–Trinajstić information content (AvgIpc) is 3.21. The van der Waals surface area contributed by atoms with Gasteiger partial charge in [0.05, 0.1) is 5.39 Å². The Balaban J connectivity index is 1.67. The molecule has 0 atom stereocenters. The van der Waals surface area contributed by atoms with Gasteiger partial charge in [-0.15, -0.1) is 11.3 Å². The first-order valence-corrected chi connectivity index (χ1v) is 10.6. The van der Waals surface area contributed by atoms with E-state index in [1.54, 1.807) is 11.8 Å². The minimum absolute atomic E-state index is 0.621. The summed E-state index contributed by atoms with van der Waals surface area (Å²) in [6.45, 7) is 0. The Kier molecular flexibility index (Phi) is 3.87. The zero-order valence-electron chi connectivity index (χ0n) is 13.5. The molecule has 1 aromatic carbocycles. The van der Waals surface area contributed by atoms with Crippen LogP contribution in [-0.2, 0) is 18.6 Å². The van der Waals surface area contributed by atoms with Gasteiger partial charge >= 0.3 is 0 Å². The number of aryl methyl sites for hydroxylation is 2. The molecule has 1 N–H and O–H groups in total. The highest BCUT2D eigenvalue weighted by molar-refractivity contribution is 7.98. The van der Waals surface area contributed by atoms with E-state index in [1.165, 1.54) is 40.7 Å². The molecule has 0 spiro atoms. The van der Waals surface area contributed by atoms with Crippen molar-refractivity contribution in [2.45, 2.75) is 36.6 Å². The van der Waals surface area contributed by atoms with Crippen LogP contribution in [0.1, 0.15) is 28.8 Å². The highest BCUT2D eigenvalue weighted by Crippen LogP contribution is 2.38.